The molecule has 1 heterocycles. The molecule has 1 N–H and O–H groups in total. The number of amides is 3. The third-order valence-corrected chi connectivity index (χ3v) is 5.17. The van der Waals surface area contributed by atoms with Crippen molar-refractivity contribution in [1.29, 1.82) is 0 Å². The largest absolute Gasteiger partial charge is 0.497 e. The van der Waals surface area contributed by atoms with Crippen molar-refractivity contribution in [2.24, 2.45) is 13.0 Å². The summed E-state index contributed by atoms with van der Waals surface area (Å²) in [5.74, 6) is 1.13. The van der Waals surface area contributed by atoms with Gasteiger partial charge in [0, 0.05) is 45.2 Å². The first-order chi connectivity index (χ1) is 15.8. The van der Waals surface area contributed by atoms with Crippen molar-refractivity contribution in [3.05, 3.63) is 42.2 Å². The monoisotopic (exact) mass is 460 g/mol. The van der Waals surface area contributed by atoms with Gasteiger partial charge in [0.25, 0.3) is 0 Å². The molecule has 1 aromatic carbocycles. The van der Waals surface area contributed by atoms with E-state index in [1.807, 2.05) is 43.8 Å². The predicted molar refractivity (Wildman–Crippen MR) is 128 cm³/mol. The lowest BCUT2D eigenvalue weighted by Crippen LogP contribution is -2.46. The highest BCUT2D eigenvalue weighted by Gasteiger charge is 2.23. The van der Waals surface area contributed by atoms with Crippen LogP contribution in [0.2, 0.25) is 0 Å². The van der Waals surface area contributed by atoms with E-state index in [4.69, 9.17) is 14.2 Å². The Morgan fingerprint density at radius 2 is 1.85 bits per heavy atom. The van der Waals surface area contributed by atoms with E-state index in [1.165, 1.54) is 12.0 Å². The van der Waals surface area contributed by atoms with Crippen molar-refractivity contribution in [1.82, 2.24) is 14.4 Å². The molecule has 0 aliphatic carbocycles. The summed E-state index contributed by atoms with van der Waals surface area (Å²) in [6, 6.07) is 8.69. The van der Waals surface area contributed by atoms with Crippen LogP contribution in [-0.4, -0.2) is 73.9 Å². The molecule has 0 spiro atoms. The van der Waals surface area contributed by atoms with Gasteiger partial charge in [0.15, 0.2) is 0 Å². The number of nitrogens with one attached hydrogen (secondary N) is 1. The zero-order valence-electron chi connectivity index (χ0n) is 20.5. The average molecular weight is 461 g/mol. The van der Waals surface area contributed by atoms with Crippen molar-refractivity contribution in [3.8, 4) is 11.5 Å². The van der Waals surface area contributed by atoms with Crippen LogP contribution in [0.25, 0.3) is 0 Å². The molecule has 9 nitrogen and oxygen atoms in total. The number of carbonyl (C=O) groups excluding carboxylic acids is 2. The fourth-order valence-corrected chi connectivity index (χ4v) is 3.37. The molecule has 0 aliphatic rings. The zero-order valence-corrected chi connectivity index (χ0v) is 20.5. The number of aromatic nitrogens is 1. The van der Waals surface area contributed by atoms with E-state index >= 15 is 0 Å². The van der Waals surface area contributed by atoms with E-state index in [2.05, 4.69) is 5.32 Å². The third kappa shape index (κ3) is 7.71. The summed E-state index contributed by atoms with van der Waals surface area (Å²) in [4.78, 5) is 29.6. The normalized spacial score (nSPS) is 10.8. The second kappa shape index (κ2) is 12.7. The highest BCUT2D eigenvalue weighted by atomic mass is 16.5. The molecular formula is C24H36N4O5. The fraction of sp³-hybridized carbons (Fsp3) is 0.500. The molecule has 0 bridgehead atoms. The molecule has 2 aromatic rings. The Morgan fingerprint density at radius 1 is 1.09 bits per heavy atom. The van der Waals surface area contributed by atoms with Crippen molar-refractivity contribution >= 4 is 17.6 Å². The van der Waals surface area contributed by atoms with Gasteiger partial charge in [0.1, 0.15) is 18.0 Å². The maximum absolute atomic E-state index is 13.2. The van der Waals surface area contributed by atoms with Gasteiger partial charge in [-0.1, -0.05) is 13.8 Å². The Morgan fingerprint density at radius 3 is 2.42 bits per heavy atom. The predicted octanol–water partition coefficient (Wildman–Crippen LogP) is 3.21. The first-order valence-corrected chi connectivity index (χ1v) is 10.9. The highest BCUT2D eigenvalue weighted by molar-refractivity contribution is 5.93. The van der Waals surface area contributed by atoms with Crippen LogP contribution in [0, 0.1) is 5.92 Å². The number of carbonyl (C=O) groups is 2. The van der Waals surface area contributed by atoms with E-state index in [-0.39, 0.29) is 24.4 Å². The molecule has 1 aromatic heterocycles. The van der Waals surface area contributed by atoms with Crippen LogP contribution in [0.15, 0.2) is 36.5 Å². The van der Waals surface area contributed by atoms with Gasteiger partial charge in [-0.3, -0.25) is 4.79 Å². The van der Waals surface area contributed by atoms with Gasteiger partial charge in [-0.25, -0.2) is 4.79 Å². The summed E-state index contributed by atoms with van der Waals surface area (Å²) in [5.41, 5.74) is 1.51. The molecular weight excluding hydrogens is 424 g/mol. The molecule has 0 unspecified atom stereocenters. The lowest BCUT2D eigenvalue weighted by molar-refractivity contribution is -0.133. The summed E-state index contributed by atoms with van der Waals surface area (Å²) in [6.45, 7) is 5.68. The van der Waals surface area contributed by atoms with Crippen LogP contribution < -0.4 is 14.8 Å². The van der Waals surface area contributed by atoms with Crippen LogP contribution >= 0.6 is 0 Å². The number of rotatable bonds is 12. The molecule has 0 atom stereocenters. The number of aryl methyl sites for hydroxylation is 1. The van der Waals surface area contributed by atoms with Gasteiger partial charge < -0.3 is 33.9 Å². The van der Waals surface area contributed by atoms with E-state index < -0.39 is 0 Å². The van der Waals surface area contributed by atoms with Gasteiger partial charge in [0.05, 0.1) is 33.1 Å². The van der Waals surface area contributed by atoms with Crippen LogP contribution in [0.1, 0.15) is 19.5 Å². The van der Waals surface area contributed by atoms with Crippen LogP contribution in [0.4, 0.5) is 10.5 Å². The maximum Gasteiger partial charge on any atom is 0.322 e. The van der Waals surface area contributed by atoms with E-state index in [0.717, 1.165) is 5.69 Å². The van der Waals surface area contributed by atoms with E-state index in [0.29, 0.717) is 43.4 Å². The molecule has 182 valence electrons. The van der Waals surface area contributed by atoms with E-state index in [9.17, 15) is 9.59 Å². The van der Waals surface area contributed by atoms with Gasteiger partial charge in [0.2, 0.25) is 5.91 Å². The van der Waals surface area contributed by atoms with Crippen LogP contribution in [0.3, 0.4) is 0 Å². The molecule has 2 rings (SSSR count). The topological polar surface area (TPSA) is 85.3 Å². The first-order valence-electron chi connectivity index (χ1n) is 10.9. The number of ether oxygens (including phenoxy) is 3. The number of benzene rings is 1. The minimum absolute atomic E-state index is 0.0450. The van der Waals surface area contributed by atoms with Gasteiger partial charge in [-0.05, 0) is 30.2 Å². The third-order valence-electron chi connectivity index (χ3n) is 5.17. The summed E-state index contributed by atoms with van der Waals surface area (Å²) in [5, 5.41) is 2.87. The molecule has 3 amide bonds. The van der Waals surface area contributed by atoms with Crippen LogP contribution in [-0.2, 0) is 23.1 Å². The standard InChI is InChI=1S/C24H36N4O5/c1-18(2)15-28(24(30)25-21-10-9-20(32-5)14-22(21)33-6)17-23(29)27(12-13-31-4)16-19-8-7-11-26(19)3/h7-11,14,18H,12-13,15-17H2,1-6H3,(H,25,30). The van der Waals surface area contributed by atoms with Crippen molar-refractivity contribution in [3.63, 3.8) is 0 Å². The molecule has 9 heteroatoms. The summed E-state index contributed by atoms with van der Waals surface area (Å²) in [6.07, 6.45) is 1.94. The fourth-order valence-electron chi connectivity index (χ4n) is 3.37. The lowest BCUT2D eigenvalue weighted by Gasteiger charge is -2.29. The number of urea groups is 1. The number of methoxy groups -OCH3 is 3. The number of nitrogens with zero attached hydrogens (tertiary/aromatic N) is 3. The lowest BCUT2D eigenvalue weighted by atomic mass is 10.2. The number of hydrogen-bond acceptors (Lipinski definition) is 5. The Balaban J connectivity index is 2.17. The molecule has 0 radical (unpaired) electrons. The van der Waals surface area contributed by atoms with Gasteiger partial charge >= 0.3 is 6.03 Å². The van der Waals surface area contributed by atoms with Gasteiger partial charge in [-0.15, -0.1) is 0 Å². The highest BCUT2D eigenvalue weighted by Crippen LogP contribution is 2.29. The number of anilines is 1. The Hall–Kier alpha value is -3.20. The molecule has 33 heavy (non-hydrogen) atoms. The average Bonchev–Trinajstić information content (AvgIpc) is 3.20. The van der Waals surface area contributed by atoms with Crippen molar-refractivity contribution < 1.29 is 23.8 Å². The second-order valence-corrected chi connectivity index (χ2v) is 8.19. The number of hydrogen-bond donors (Lipinski definition) is 1. The second-order valence-electron chi connectivity index (χ2n) is 8.19. The quantitative estimate of drug-likeness (QED) is 0.526. The first kappa shape index (κ1) is 26.1. The molecule has 0 aliphatic heterocycles. The van der Waals surface area contributed by atoms with Gasteiger partial charge in [-0.2, -0.15) is 0 Å². The Kier molecular flexibility index (Phi) is 10.1. The maximum atomic E-state index is 13.2. The van der Waals surface area contributed by atoms with Crippen molar-refractivity contribution in [2.75, 3.05) is 52.9 Å². The minimum Gasteiger partial charge on any atom is -0.497 e. The summed E-state index contributed by atoms with van der Waals surface area (Å²) < 4.78 is 17.8. The molecule has 0 saturated carbocycles. The Bertz CT molecular complexity index is 912. The molecule has 0 fully saturated rings. The SMILES string of the molecule is COCCN(Cc1cccn1C)C(=O)CN(CC(C)C)C(=O)Nc1ccc(OC)cc1OC. The smallest absolute Gasteiger partial charge is 0.322 e. The zero-order chi connectivity index (χ0) is 24.4. The summed E-state index contributed by atoms with van der Waals surface area (Å²) in [7, 11) is 6.63. The summed E-state index contributed by atoms with van der Waals surface area (Å²) >= 11 is 0. The van der Waals surface area contributed by atoms with E-state index in [1.54, 1.807) is 37.3 Å². The molecule has 0 saturated heterocycles. The minimum atomic E-state index is -0.369. The van der Waals surface area contributed by atoms with Crippen molar-refractivity contribution in [2.45, 2.75) is 20.4 Å². The van der Waals surface area contributed by atoms with Crippen LogP contribution in [0.5, 0.6) is 11.5 Å². The Labute approximate surface area is 196 Å².